The Morgan fingerprint density at radius 2 is 2.06 bits per heavy atom. The van der Waals surface area contributed by atoms with E-state index in [0.717, 1.165) is 24.5 Å². The first-order valence-corrected chi connectivity index (χ1v) is 5.64. The highest BCUT2D eigenvalue weighted by atomic mass is 16.5. The average Bonchev–Trinajstić information content (AvgIpc) is 2.25. The zero-order valence-electron chi connectivity index (χ0n) is 10.8. The predicted molar refractivity (Wildman–Crippen MR) is 65.6 cm³/mol. The number of nitrogens with one attached hydrogen (secondary N) is 1. The van der Waals surface area contributed by atoms with E-state index >= 15 is 0 Å². The molecule has 0 aliphatic rings. The van der Waals surface area contributed by atoms with Gasteiger partial charge in [0.15, 0.2) is 5.82 Å². The van der Waals surface area contributed by atoms with Crippen molar-refractivity contribution in [2.45, 2.75) is 39.7 Å². The molecule has 0 bridgehead atoms. The second-order valence-electron chi connectivity index (χ2n) is 4.36. The largest absolute Gasteiger partial charge is 0.371 e. The van der Waals surface area contributed by atoms with Crippen LogP contribution in [0.3, 0.4) is 0 Å². The van der Waals surface area contributed by atoms with Gasteiger partial charge in [-0.2, -0.15) is 0 Å². The minimum absolute atomic E-state index is 0.450. The molecule has 0 atom stereocenters. The first kappa shape index (κ1) is 12.9. The highest BCUT2D eigenvalue weighted by molar-refractivity contribution is 5.36. The number of nitrogens with zero attached hydrogens (tertiary/aromatic N) is 2. The van der Waals surface area contributed by atoms with Gasteiger partial charge in [0.05, 0.1) is 0 Å². The summed E-state index contributed by atoms with van der Waals surface area (Å²) in [4.78, 5) is 8.87. The van der Waals surface area contributed by atoms with Gasteiger partial charge in [-0.25, -0.2) is 9.97 Å². The number of rotatable bonds is 5. The van der Waals surface area contributed by atoms with Crippen molar-refractivity contribution in [3.05, 3.63) is 17.6 Å². The number of aryl methyl sites for hydroxylation is 1. The molecule has 1 aromatic heterocycles. The van der Waals surface area contributed by atoms with E-state index in [4.69, 9.17) is 4.74 Å². The van der Waals surface area contributed by atoms with E-state index in [1.54, 1.807) is 7.11 Å². The summed E-state index contributed by atoms with van der Waals surface area (Å²) in [6, 6.07) is 1.95. The Bertz CT molecular complexity index is 350. The molecule has 0 aliphatic carbocycles. The maximum atomic E-state index is 5.39. The lowest BCUT2D eigenvalue weighted by molar-refractivity contribution is 0.0114. The van der Waals surface area contributed by atoms with E-state index < -0.39 is 5.60 Å². The second-order valence-corrected chi connectivity index (χ2v) is 4.36. The maximum absolute atomic E-state index is 5.39. The monoisotopic (exact) mass is 223 g/mol. The van der Waals surface area contributed by atoms with Gasteiger partial charge in [-0.3, -0.25) is 0 Å². The van der Waals surface area contributed by atoms with E-state index in [9.17, 15) is 0 Å². The van der Waals surface area contributed by atoms with Gasteiger partial charge in [0.1, 0.15) is 11.4 Å². The Morgan fingerprint density at radius 1 is 1.38 bits per heavy atom. The first-order chi connectivity index (χ1) is 7.49. The summed E-state index contributed by atoms with van der Waals surface area (Å²) in [5.41, 5.74) is 0.503. The Morgan fingerprint density at radius 3 is 2.62 bits per heavy atom. The number of anilines is 1. The van der Waals surface area contributed by atoms with E-state index in [2.05, 4.69) is 22.2 Å². The fourth-order valence-electron chi connectivity index (χ4n) is 1.27. The molecule has 0 aromatic carbocycles. The summed E-state index contributed by atoms with van der Waals surface area (Å²) in [6.45, 7) is 8.94. The molecule has 0 unspecified atom stereocenters. The molecule has 0 saturated carbocycles. The van der Waals surface area contributed by atoms with Crippen molar-refractivity contribution in [3.63, 3.8) is 0 Å². The molecule has 4 nitrogen and oxygen atoms in total. The number of hydrogen-bond donors (Lipinski definition) is 1. The third-order valence-electron chi connectivity index (χ3n) is 2.46. The molecule has 0 fully saturated rings. The van der Waals surface area contributed by atoms with Crippen LogP contribution < -0.4 is 5.32 Å². The molecule has 0 amide bonds. The molecular formula is C12H21N3O. The van der Waals surface area contributed by atoms with Crippen LogP contribution in [0.5, 0.6) is 0 Å². The number of ether oxygens (including phenoxy) is 1. The number of methoxy groups -OCH3 is 1. The molecule has 16 heavy (non-hydrogen) atoms. The number of hydrogen-bond acceptors (Lipinski definition) is 4. The molecular weight excluding hydrogens is 202 g/mol. The highest BCUT2D eigenvalue weighted by Crippen LogP contribution is 2.21. The normalized spacial score (nSPS) is 11.6. The summed E-state index contributed by atoms with van der Waals surface area (Å²) in [5.74, 6) is 1.59. The second kappa shape index (κ2) is 5.25. The van der Waals surface area contributed by atoms with E-state index in [1.165, 1.54) is 0 Å². The smallest absolute Gasteiger partial charge is 0.162 e. The third kappa shape index (κ3) is 3.17. The van der Waals surface area contributed by atoms with Crippen LogP contribution in [0, 0.1) is 6.92 Å². The molecule has 0 aliphatic heterocycles. The minimum atomic E-state index is -0.450. The quantitative estimate of drug-likeness (QED) is 0.833. The topological polar surface area (TPSA) is 47.0 Å². The van der Waals surface area contributed by atoms with Crippen LogP contribution in [0.1, 0.15) is 38.7 Å². The predicted octanol–water partition coefficient (Wildman–Crippen LogP) is 2.49. The zero-order valence-corrected chi connectivity index (χ0v) is 10.8. The Labute approximate surface area is 97.5 Å². The first-order valence-electron chi connectivity index (χ1n) is 5.64. The molecule has 0 spiro atoms. The fourth-order valence-corrected chi connectivity index (χ4v) is 1.27. The highest BCUT2D eigenvalue weighted by Gasteiger charge is 2.23. The number of aromatic nitrogens is 2. The Hall–Kier alpha value is -1.16. The van der Waals surface area contributed by atoms with Gasteiger partial charge in [-0.05, 0) is 27.2 Å². The van der Waals surface area contributed by atoms with Crippen molar-refractivity contribution < 1.29 is 4.74 Å². The molecule has 0 saturated heterocycles. The lowest BCUT2D eigenvalue weighted by atomic mass is 10.1. The molecule has 1 aromatic rings. The molecule has 0 radical (unpaired) electrons. The molecule has 4 heteroatoms. The third-order valence-corrected chi connectivity index (χ3v) is 2.46. The van der Waals surface area contributed by atoms with Gasteiger partial charge in [-0.15, -0.1) is 0 Å². The van der Waals surface area contributed by atoms with Gasteiger partial charge in [-0.1, -0.05) is 6.92 Å². The zero-order chi connectivity index (χ0) is 12.2. The maximum Gasteiger partial charge on any atom is 0.162 e. The fraction of sp³-hybridized carbons (Fsp3) is 0.667. The van der Waals surface area contributed by atoms with Gasteiger partial charge in [0, 0.05) is 25.4 Å². The van der Waals surface area contributed by atoms with Crippen LogP contribution in [0.2, 0.25) is 0 Å². The van der Waals surface area contributed by atoms with Crippen LogP contribution >= 0.6 is 0 Å². The summed E-state index contributed by atoms with van der Waals surface area (Å²) in [7, 11) is 1.67. The van der Waals surface area contributed by atoms with Crippen molar-refractivity contribution >= 4 is 5.82 Å². The Balaban J connectivity index is 2.98. The summed E-state index contributed by atoms with van der Waals surface area (Å²) < 4.78 is 5.39. The van der Waals surface area contributed by atoms with Crippen LogP contribution in [0.25, 0.3) is 0 Å². The van der Waals surface area contributed by atoms with Gasteiger partial charge < -0.3 is 10.1 Å². The average molecular weight is 223 g/mol. The lowest BCUT2D eigenvalue weighted by Crippen LogP contribution is -2.24. The standard InChI is InChI=1S/C12H21N3O/c1-6-7-13-10-8-9(2)14-11(15-10)12(3,4)16-5/h8H,6-7H2,1-5H3,(H,13,14,15). The molecule has 1 rings (SSSR count). The molecule has 1 N–H and O–H groups in total. The lowest BCUT2D eigenvalue weighted by Gasteiger charge is -2.22. The van der Waals surface area contributed by atoms with Crippen molar-refractivity contribution in [1.82, 2.24) is 9.97 Å². The molecule has 1 heterocycles. The SMILES string of the molecule is CCCNc1cc(C)nc(C(C)(C)OC)n1. The van der Waals surface area contributed by atoms with Gasteiger partial charge in [0.25, 0.3) is 0 Å². The van der Waals surface area contributed by atoms with E-state index in [1.807, 2.05) is 26.8 Å². The van der Waals surface area contributed by atoms with Crippen LogP contribution in [-0.4, -0.2) is 23.6 Å². The van der Waals surface area contributed by atoms with Crippen molar-refractivity contribution in [3.8, 4) is 0 Å². The van der Waals surface area contributed by atoms with Crippen molar-refractivity contribution in [2.24, 2.45) is 0 Å². The van der Waals surface area contributed by atoms with Crippen LogP contribution in [-0.2, 0) is 10.3 Å². The molecule has 90 valence electrons. The summed E-state index contributed by atoms with van der Waals surface area (Å²) in [5, 5.41) is 3.27. The van der Waals surface area contributed by atoms with Crippen LogP contribution in [0.15, 0.2) is 6.07 Å². The van der Waals surface area contributed by atoms with Gasteiger partial charge in [0.2, 0.25) is 0 Å². The summed E-state index contributed by atoms with van der Waals surface area (Å²) >= 11 is 0. The van der Waals surface area contributed by atoms with Gasteiger partial charge >= 0.3 is 0 Å². The summed E-state index contributed by atoms with van der Waals surface area (Å²) in [6.07, 6.45) is 1.08. The Kier molecular flexibility index (Phi) is 4.24. The van der Waals surface area contributed by atoms with Crippen LogP contribution in [0.4, 0.5) is 5.82 Å². The van der Waals surface area contributed by atoms with E-state index in [-0.39, 0.29) is 0 Å². The van der Waals surface area contributed by atoms with E-state index in [0.29, 0.717) is 5.82 Å². The van der Waals surface area contributed by atoms with Crippen molar-refractivity contribution in [2.75, 3.05) is 19.0 Å². The van der Waals surface area contributed by atoms with Crippen molar-refractivity contribution in [1.29, 1.82) is 0 Å². The minimum Gasteiger partial charge on any atom is -0.371 e.